The van der Waals surface area contributed by atoms with E-state index in [9.17, 15) is 38.6 Å². The number of aromatic nitrogens is 4. The lowest BCUT2D eigenvalue weighted by Crippen LogP contribution is -2.33. The summed E-state index contributed by atoms with van der Waals surface area (Å²) in [5.41, 5.74) is 6.04. The molecule has 8 atom stereocenters. The van der Waals surface area contributed by atoms with Crippen molar-refractivity contribution in [3.63, 3.8) is 0 Å². The smallest absolute Gasteiger partial charge is 0.387 e. The first-order chi connectivity index (χ1) is 16.7. The van der Waals surface area contributed by atoms with Crippen LogP contribution in [0.4, 0.5) is 5.82 Å². The second kappa shape index (κ2) is 10.9. The zero-order chi connectivity index (χ0) is 26.9. The van der Waals surface area contributed by atoms with Crippen LogP contribution in [0.5, 0.6) is 0 Å². The number of aliphatic hydroxyl groups excluding tert-OH is 2. The summed E-state index contributed by atoms with van der Waals surface area (Å²) in [5.74, 6) is 2.02. The number of aliphatic hydroxyl groups is 2. The van der Waals surface area contributed by atoms with Crippen molar-refractivity contribution in [1.82, 2.24) is 19.5 Å². The van der Waals surface area contributed by atoms with Gasteiger partial charge in [0.2, 0.25) is 0 Å². The highest BCUT2D eigenvalue weighted by Crippen LogP contribution is 2.68. The van der Waals surface area contributed by atoms with Crippen molar-refractivity contribution in [3.05, 3.63) is 12.7 Å². The van der Waals surface area contributed by atoms with Crippen molar-refractivity contribution >= 4 is 40.4 Å². The van der Waals surface area contributed by atoms with Gasteiger partial charge in [0, 0.05) is 0 Å². The molecular weight excluding hydrogens is 551 g/mol. The first kappa shape index (κ1) is 28.8. The van der Waals surface area contributed by atoms with Gasteiger partial charge in [0.1, 0.15) is 36.3 Å². The number of nitrogens with zero attached hydrogens (tertiary/aromatic N) is 4. The average Bonchev–Trinajstić information content (AvgIpc) is 3.31. The molecule has 0 amide bonds. The number of phosphoric ester groups is 2. The third kappa shape index (κ3) is 6.74. The van der Waals surface area contributed by atoms with E-state index >= 15 is 0 Å². The van der Waals surface area contributed by atoms with Gasteiger partial charge < -0.3 is 35.4 Å². The summed E-state index contributed by atoms with van der Waals surface area (Å²) in [4.78, 5) is 40.7. The molecule has 3 heterocycles. The molecule has 1 fully saturated rings. The van der Waals surface area contributed by atoms with Crippen LogP contribution in [-0.2, 0) is 36.1 Å². The van der Waals surface area contributed by atoms with Crippen LogP contribution in [0.1, 0.15) is 19.6 Å². The van der Waals surface area contributed by atoms with Crippen molar-refractivity contribution < 1.29 is 61.0 Å². The second-order valence-electron chi connectivity index (χ2n) is 7.16. The van der Waals surface area contributed by atoms with Gasteiger partial charge >= 0.3 is 23.5 Å². The van der Waals surface area contributed by atoms with E-state index in [0.717, 1.165) is 6.33 Å². The molecular formula is C15H22N5O13P3. The zero-order valence-electron chi connectivity index (χ0n) is 18.2. The number of rotatable bonds is 11. The number of terminal acetylenes is 1. The van der Waals surface area contributed by atoms with Crippen LogP contribution < -0.4 is 5.73 Å². The summed E-state index contributed by atoms with van der Waals surface area (Å²) in [5, 5.41) is 20.7. The van der Waals surface area contributed by atoms with Crippen molar-refractivity contribution in [2.45, 2.75) is 44.0 Å². The summed E-state index contributed by atoms with van der Waals surface area (Å²) in [6, 6.07) is 0. The largest absolute Gasteiger partial charge is 0.490 e. The fraction of sp³-hybridized carbons (Fsp3) is 0.533. The molecule has 1 aliphatic heterocycles. The highest BCUT2D eigenvalue weighted by molar-refractivity contribution is 7.66. The van der Waals surface area contributed by atoms with E-state index in [1.165, 1.54) is 17.8 Å². The molecule has 7 N–H and O–H groups in total. The van der Waals surface area contributed by atoms with E-state index in [-0.39, 0.29) is 23.4 Å². The molecule has 36 heavy (non-hydrogen) atoms. The van der Waals surface area contributed by atoms with E-state index in [4.69, 9.17) is 16.9 Å². The van der Waals surface area contributed by atoms with E-state index in [0.29, 0.717) is 0 Å². The van der Waals surface area contributed by atoms with Gasteiger partial charge in [0.05, 0.1) is 12.9 Å². The maximum absolute atomic E-state index is 12.1. The molecule has 1 aliphatic rings. The molecule has 21 heteroatoms. The average molecular weight is 573 g/mol. The Morgan fingerprint density at radius 2 is 1.81 bits per heavy atom. The highest BCUT2D eigenvalue weighted by atomic mass is 31.3. The monoisotopic (exact) mass is 573 g/mol. The first-order valence-electron chi connectivity index (χ1n) is 9.83. The number of hydrogen-bond acceptors (Lipinski definition) is 14. The van der Waals surface area contributed by atoms with Crippen molar-refractivity contribution in [1.29, 1.82) is 0 Å². The van der Waals surface area contributed by atoms with Gasteiger partial charge in [0.25, 0.3) is 0 Å². The van der Waals surface area contributed by atoms with Crippen LogP contribution >= 0.6 is 23.5 Å². The Balaban J connectivity index is 1.64. The summed E-state index contributed by atoms with van der Waals surface area (Å²) in [7, 11) is -16.5. The number of imidazole rings is 1. The Hall–Kier alpha value is -1.80. The molecule has 0 bridgehead atoms. The number of nitrogen functional groups attached to an aromatic ring is 1. The van der Waals surface area contributed by atoms with E-state index < -0.39 is 60.7 Å². The topological polar surface area (TPSA) is 268 Å². The molecule has 0 spiro atoms. The van der Waals surface area contributed by atoms with Gasteiger partial charge in [-0.05, 0) is 6.42 Å². The minimum Gasteiger partial charge on any atom is -0.387 e. The standard InChI is InChI=1S/C15H22N5O13P3/c1-3-8(4-2)31-35(25,26)33-36(27,28)32-34(23,24)29-5-9-11(21)12(22)15(30-9)20-7-19-10-13(16)17-6-18-14(10)20/h1,6-9,11-12,15,21-22H,4-5H2,2H3,(H,23,24)(H,25,26)(H,27,28)(H2,16,17,18)/t8?,9-,11-,12-,15-/m1/s1. The Bertz CT molecular complexity index is 1280. The Kier molecular flexibility index (Phi) is 8.71. The fourth-order valence-corrected chi connectivity index (χ4v) is 6.71. The Morgan fingerprint density at radius 1 is 1.14 bits per heavy atom. The zero-order valence-corrected chi connectivity index (χ0v) is 20.9. The van der Waals surface area contributed by atoms with Crippen LogP contribution in [0, 0.1) is 12.3 Å². The number of nitrogens with two attached hydrogens (primary N) is 1. The molecule has 4 unspecified atom stereocenters. The van der Waals surface area contributed by atoms with Gasteiger partial charge in [-0.25, -0.2) is 28.6 Å². The molecule has 0 radical (unpaired) electrons. The SMILES string of the molecule is C#CC(CC)OP(=O)(O)OP(=O)(O)OP(=O)(O)OC[C@H]1O[C@@H](n2cnc3c(N)ncnc32)[C@H](O)[C@@H]1O. The van der Waals surface area contributed by atoms with Crippen molar-refractivity contribution in [2.75, 3.05) is 12.3 Å². The van der Waals surface area contributed by atoms with Crippen LogP contribution in [0.15, 0.2) is 12.7 Å². The molecule has 2 aromatic rings. The molecule has 0 aliphatic carbocycles. The van der Waals surface area contributed by atoms with Crippen LogP contribution in [0.2, 0.25) is 0 Å². The second-order valence-corrected chi connectivity index (χ2v) is 11.7. The van der Waals surface area contributed by atoms with Gasteiger partial charge in [-0.1, -0.05) is 12.8 Å². The fourth-order valence-electron chi connectivity index (χ4n) is 3.02. The Labute approximate surface area is 202 Å². The first-order valence-corrected chi connectivity index (χ1v) is 14.3. The summed E-state index contributed by atoms with van der Waals surface area (Å²) in [6.07, 6.45) is 0.132. The number of ether oxygens (including phenoxy) is 1. The molecule has 3 rings (SSSR count). The minimum absolute atomic E-state index is 0.0361. The van der Waals surface area contributed by atoms with E-state index in [2.05, 4.69) is 32.6 Å². The predicted octanol–water partition coefficient (Wildman–Crippen LogP) is -0.193. The summed E-state index contributed by atoms with van der Waals surface area (Å²) in [6.45, 7) is 0.531. The molecule has 2 aromatic heterocycles. The van der Waals surface area contributed by atoms with Gasteiger partial charge in [-0.15, -0.1) is 6.42 Å². The van der Waals surface area contributed by atoms with E-state index in [1.807, 2.05) is 5.92 Å². The predicted molar refractivity (Wildman–Crippen MR) is 117 cm³/mol. The van der Waals surface area contributed by atoms with Gasteiger partial charge in [-0.3, -0.25) is 13.6 Å². The number of phosphoric acid groups is 3. The highest BCUT2D eigenvalue weighted by Gasteiger charge is 2.47. The number of hydrogen-bond donors (Lipinski definition) is 6. The Morgan fingerprint density at radius 3 is 2.44 bits per heavy atom. The lowest BCUT2D eigenvalue weighted by molar-refractivity contribution is -0.0503. The molecule has 200 valence electrons. The summed E-state index contributed by atoms with van der Waals surface area (Å²) >= 11 is 0. The van der Waals surface area contributed by atoms with Crippen LogP contribution in [0.3, 0.4) is 0 Å². The lowest BCUT2D eigenvalue weighted by atomic mass is 10.1. The van der Waals surface area contributed by atoms with Crippen LogP contribution in [0.25, 0.3) is 11.2 Å². The molecule has 0 aromatic carbocycles. The van der Waals surface area contributed by atoms with E-state index in [1.54, 1.807) is 0 Å². The maximum Gasteiger partial charge on any atom is 0.490 e. The third-order valence-electron chi connectivity index (χ3n) is 4.63. The molecule has 18 nitrogen and oxygen atoms in total. The normalized spacial score (nSPS) is 28.1. The number of fused-ring (bicyclic) bond motifs is 1. The summed E-state index contributed by atoms with van der Waals surface area (Å²) < 4.78 is 59.5. The maximum atomic E-state index is 12.1. The van der Waals surface area contributed by atoms with Gasteiger partial charge in [0.15, 0.2) is 17.7 Å². The van der Waals surface area contributed by atoms with Crippen molar-refractivity contribution in [2.24, 2.45) is 0 Å². The number of anilines is 1. The van der Waals surface area contributed by atoms with Gasteiger partial charge in [-0.2, -0.15) is 8.62 Å². The molecule has 0 saturated carbocycles. The van der Waals surface area contributed by atoms with Crippen LogP contribution in [-0.4, -0.2) is 75.4 Å². The third-order valence-corrected chi connectivity index (χ3v) is 8.93. The van der Waals surface area contributed by atoms with Crippen molar-refractivity contribution in [3.8, 4) is 12.3 Å². The molecule has 1 saturated heterocycles. The quantitative estimate of drug-likeness (QED) is 0.150. The minimum atomic E-state index is -5.72. The lowest BCUT2D eigenvalue weighted by Gasteiger charge is -2.21.